The normalized spacial score (nSPS) is 30.5. The molecule has 2 aliphatic heterocycles. The summed E-state index contributed by atoms with van der Waals surface area (Å²) in [6.45, 7) is 1.24. The molecule has 3 aliphatic rings. The molecule has 6 nitrogen and oxygen atoms in total. The number of piperidine rings is 1. The minimum absolute atomic E-state index is 0.188. The zero-order valence-corrected chi connectivity index (χ0v) is 14.3. The van der Waals surface area contributed by atoms with Gasteiger partial charge in [-0.25, -0.2) is 8.78 Å². The van der Waals surface area contributed by atoms with Crippen molar-refractivity contribution >= 4 is 11.8 Å². The highest BCUT2D eigenvalue weighted by Gasteiger charge is 2.51. The van der Waals surface area contributed by atoms with E-state index in [1.165, 1.54) is 0 Å². The Morgan fingerprint density at radius 3 is 2.85 bits per heavy atom. The zero-order chi connectivity index (χ0) is 18.3. The van der Waals surface area contributed by atoms with Gasteiger partial charge in [0, 0.05) is 31.8 Å². The highest BCUT2D eigenvalue weighted by molar-refractivity contribution is 5.81. The number of nitrogens with zero attached hydrogens (tertiary/aromatic N) is 1. The summed E-state index contributed by atoms with van der Waals surface area (Å²) in [6.07, 6.45) is 1.46. The lowest BCUT2D eigenvalue weighted by atomic mass is 9.79. The van der Waals surface area contributed by atoms with Crippen molar-refractivity contribution in [2.24, 2.45) is 11.8 Å². The second kappa shape index (κ2) is 6.64. The molecule has 1 aromatic rings. The largest absolute Gasteiger partial charge is 0.467 e. The lowest BCUT2D eigenvalue weighted by molar-refractivity contribution is -0.163. The molecule has 2 amide bonds. The van der Waals surface area contributed by atoms with Gasteiger partial charge >= 0.3 is 0 Å². The SMILES string of the molecule is O=C(NCc1ccco1)[C@@H]1C[C@H]2CCN(C(=O)C3CC(F)(F)C3)C[C@@H]2O1. The van der Waals surface area contributed by atoms with Gasteiger partial charge in [-0.15, -0.1) is 0 Å². The molecule has 0 bridgehead atoms. The first-order chi connectivity index (χ1) is 12.4. The number of likely N-dealkylation sites (tertiary alicyclic amines) is 1. The van der Waals surface area contributed by atoms with Gasteiger partial charge in [-0.05, 0) is 30.9 Å². The lowest BCUT2D eigenvalue weighted by Crippen LogP contribution is -2.52. The predicted molar refractivity (Wildman–Crippen MR) is 86.2 cm³/mol. The molecule has 1 saturated carbocycles. The third-order valence-electron chi connectivity index (χ3n) is 5.61. The molecule has 3 heterocycles. The molecular weight excluding hydrogens is 346 g/mol. The fourth-order valence-electron chi connectivity index (χ4n) is 4.09. The van der Waals surface area contributed by atoms with Crippen molar-refractivity contribution in [1.29, 1.82) is 0 Å². The van der Waals surface area contributed by atoms with E-state index in [9.17, 15) is 18.4 Å². The van der Waals surface area contributed by atoms with Crippen LogP contribution in [-0.4, -0.2) is 47.9 Å². The van der Waals surface area contributed by atoms with E-state index >= 15 is 0 Å². The van der Waals surface area contributed by atoms with Crippen LogP contribution in [0.3, 0.4) is 0 Å². The molecule has 0 aromatic carbocycles. The van der Waals surface area contributed by atoms with Gasteiger partial charge in [0.05, 0.1) is 18.9 Å². The summed E-state index contributed by atoms with van der Waals surface area (Å²) in [6, 6.07) is 3.54. The molecule has 0 spiro atoms. The number of nitrogens with one attached hydrogen (secondary N) is 1. The summed E-state index contributed by atoms with van der Waals surface area (Å²) in [4.78, 5) is 26.3. The van der Waals surface area contributed by atoms with E-state index in [1.807, 2.05) is 0 Å². The third-order valence-corrected chi connectivity index (χ3v) is 5.61. The van der Waals surface area contributed by atoms with E-state index in [0.717, 1.165) is 6.42 Å². The average Bonchev–Trinajstić information content (AvgIpc) is 3.25. The summed E-state index contributed by atoms with van der Waals surface area (Å²) < 4.78 is 37.0. The molecule has 2 saturated heterocycles. The Bertz CT molecular complexity index is 671. The van der Waals surface area contributed by atoms with Crippen molar-refractivity contribution in [2.75, 3.05) is 13.1 Å². The number of furan rings is 1. The molecule has 26 heavy (non-hydrogen) atoms. The van der Waals surface area contributed by atoms with E-state index in [4.69, 9.17) is 9.15 Å². The fourth-order valence-corrected chi connectivity index (χ4v) is 4.09. The first-order valence-electron chi connectivity index (χ1n) is 9.03. The van der Waals surface area contributed by atoms with Gasteiger partial charge in [-0.2, -0.15) is 0 Å². The maximum absolute atomic E-state index is 13.0. The molecule has 3 atom stereocenters. The van der Waals surface area contributed by atoms with Gasteiger partial charge in [0.25, 0.3) is 0 Å². The van der Waals surface area contributed by atoms with Gasteiger partial charge in [0.2, 0.25) is 17.7 Å². The number of carbonyl (C=O) groups excluding carboxylic acids is 2. The van der Waals surface area contributed by atoms with Gasteiger partial charge < -0.3 is 19.4 Å². The van der Waals surface area contributed by atoms with Crippen LogP contribution >= 0.6 is 0 Å². The predicted octanol–water partition coefficient (Wildman–Crippen LogP) is 1.95. The number of ether oxygens (including phenoxy) is 1. The molecule has 142 valence electrons. The topological polar surface area (TPSA) is 71.8 Å². The van der Waals surface area contributed by atoms with E-state index in [-0.39, 0.29) is 36.7 Å². The van der Waals surface area contributed by atoms with Gasteiger partial charge in [-0.1, -0.05) is 0 Å². The number of halogens is 2. The molecule has 0 radical (unpaired) electrons. The standard InChI is InChI=1S/C18H22F2N2O4/c19-18(20)7-12(8-18)17(24)22-4-3-11-6-14(26-15(11)10-22)16(23)21-9-13-2-1-5-25-13/h1-2,5,11-12,14-15H,3-4,6-10H2,(H,21,23)/t11-,14+,15+/m1/s1. The smallest absolute Gasteiger partial charge is 0.249 e. The molecule has 4 rings (SSSR count). The Hall–Kier alpha value is -1.96. The van der Waals surface area contributed by atoms with E-state index in [0.29, 0.717) is 31.8 Å². The highest BCUT2D eigenvalue weighted by atomic mass is 19.3. The Kier molecular flexibility index (Phi) is 4.46. The van der Waals surface area contributed by atoms with Gasteiger partial charge in [0.1, 0.15) is 11.9 Å². The summed E-state index contributed by atoms with van der Waals surface area (Å²) in [5.41, 5.74) is 0. The van der Waals surface area contributed by atoms with Crippen molar-refractivity contribution in [3.8, 4) is 0 Å². The second-order valence-electron chi connectivity index (χ2n) is 7.49. The molecule has 3 fully saturated rings. The van der Waals surface area contributed by atoms with E-state index in [1.54, 1.807) is 23.3 Å². The van der Waals surface area contributed by atoms with Crippen LogP contribution < -0.4 is 5.32 Å². The number of hydrogen-bond acceptors (Lipinski definition) is 4. The fraction of sp³-hybridized carbons (Fsp3) is 0.667. The molecule has 0 unspecified atom stereocenters. The first-order valence-corrected chi connectivity index (χ1v) is 9.03. The van der Waals surface area contributed by atoms with Crippen LogP contribution in [0.1, 0.15) is 31.4 Å². The quantitative estimate of drug-likeness (QED) is 0.882. The van der Waals surface area contributed by atoms with Crippen molar-refractivity contribution in [1.82, 2.24) is 10.2 Å². The maximum Gasteiger partial charge on any atom is 0.249 e. The highest BCUT2D eigenvalue weighted by Crippen LogP contribution is 2.44. The van der Waals surface area contributed by atoms with Crippen LogP contribution in [0.4, 0.5) is 8.78 Å². The van der Waals surface area contributed by atoms with Crippen LogP contribution in [0.5, 0.6) is 0 Å². The Balaban J connectivity index is 1.27. The Morgan fingerprint density at radius 1 is 1.35 bits per heavy atom. The van der Waals surface area contributed by atoms with Crippen molar-refractivity contribution in [2.45, 2.75) is 50.4 Å². The number of rotatable bonds is 4. The summed E-state index contributed by atoms with van der Waals surface area (Å²) >= 11 is 0. The lowest BCUT2D eigenvalue weighted by Gasteiger charge is -2.40. The molecule has 1 N–H and O–H groups in total. The number of carbonyl (C=O) groups is 2. The van der Waals surface area contributed by atoms with Gasteiger partial charge in [0.15, 0.2) is 0 Å². The maximum atomic E-state index is 13.0. The summed E-state index contributed by atoms with van der Waals surface area (Å²) in [5, 5.41) is 2.79. The second-order valence-corrected chi connectivity index (χ2v) is 7.49. The van der Waals surface area contributed by atoms with Crippen molar-refractivity contribution in [3.05, 3.63) is 24.2 Å². The Morgan fingerprint density at radius 2 is 2.15 bits per heavy atom. The van der Waals surface area contributed by atoms with E-state index < -0.39 is 17.9 Å². The number of alkyl halides is 2. The molecule has 1 aliphatic carbocycles. The molecule has 1 aromatic heterocycles. The average molecular weight is 368 g/mol. The summed E-state index contributed by atoms with van der Waals surface area (Å²) in [5.74, 6) is -2.77. The van der Waals surface area contributed by atoms with Crippen molar-refractivity contribution in [3.63, 3.8) is 0 Å². The van der Waals surface area contributed by atoms with Gasteiger partial charge in [-0.3, -0.25) is 9.59 Å². The van der Waals surface area contributed by atoms with Crippen LogP contribution in [0.25, 0.3) is 0 Å². The first kappa shape index (κ1) is 17.5. The van der Waals surface area contributed by atoms with E-state index in [2.05, 4.69) is 5.32 Å². The minimum Gasteiger partial charge on any atom is -0.467 e. The van der Waals surface area contributed by atoms with Crippen LogP contribution in [-0.2, 0) is 20.9 Å². The monoisotopic (exact) mass is 368 g/mol. The Labute approximate surface area is 149 Å². The van der Waals surface area contributed by atoms with Crippen LogP contribution in [0.15, 0.2) is 22.8 Å². The van der Waals surface area contributed by atoms with Crippen LogP contribution in [0, 0.1) is 11.8 Å². The molecule has 8 heteroatoms. The number of amides is 2. The number of fused-ring (bicyclic) bond motifs is 1. The minimum atomic E-state index is -2.69. The third kappa shape index (κ3) is 3.47. The zero-order valence-electron chi connectivity index (χ0n) is 14.3. The summed E-state index contributed by atoms with van der Waals surface area (Å²) in [7, 11) is 0. The van der Waals surface area contributed by atoms with Crippen molar-refractivity contribution < 1.29 is 27.5 Å². The number of hydrogen-bond donors (Lipinski definition) is 1. The van der Waals surface area contributed by atoms with Crippen LogP contribution in [0.2, 0.25) is 0 Å². The molecular formula is C18H22F2N2O4.